The molecule has 8 heteroatoms. The van der Waals surface area contributed by atoms with Crippen molar-refractivity contribution in [2.45, 2.75) is 45.3 Å². The molecule has 3 unspecified atom stereocenters. The molecule has 0 spiro atoms. The molecule has 1 saturated carbocycles. The highest BCUT2D eigenvalue weighted by Crippen LogP contribution is 2.32. The molecule has 118 valence electrons. The highest BCUT2D eigenvalue weighted by molar-refractivity contribution is 5.47. The molecule has 2 rings (SSSR count). The average molecular weight is 303 g/mol. The van der Waals surface area contributed by atoms with E-state index < -0.39 is 12.0 Å². The van der Waals surface area contributed by atoms with Gasteiger partial charge in [-0.25, -0.2) is 15.8 Å². The first-order valence-electron chi connectivity index (χ1n) is 6.99. The van der Waals surface area contributed by atoms with E-state index in [1.165, 1.54) is 6.07 Å². The number of hydrogen-bond acceptors (Lipinski definition) is 5. The summed E-state index contributed by atoms with van der Waals surface area (Å²) < 4.78 is 38.3. The molecule has 1 fully saturated rings. The van der Waals surface area contributed by atoms with E-state index in [-0.39, 0.29) is 17.7 Å². The summed E-state index contributed by atoms with van der Waals surface area (Å²) in [7, 11) is 0. The summed E-state index contributed by atoms with van der Waals surface area (Å²) >= 11 is 0. The third-order valence-electron chi connectivity index (χ3n) is 4.08. The third-order valence-corrected chi connectivity index (χ3v) is 4.08. The molecule has 1 aliphatic rings. The maximum Gasteiger partial charge on any atom is 0.451 e. The van der Waals surface area contributed by atoms with Gasteiger partial charge in [0, 0.05) is 12.1 Å². The highest BCUT2D eigenvalue weighted by Gasteiger charge is 2.35. The SMILES string of the molecule is CC1CCC(Nc2cc(NN)nc(C(F)(F)F)n2)CC1C. The minimum Gasteiger partial charge on any atom is -0.367 e. The Balaban J connectivity index is 2.16. The lowest BCUT2D eigenvalue weighted by Gasteiger charge is -2.32. The molecule has 0 saturated heterocycles. The summed E-state index contributed by atoms with van der Waals surface area (Å²) in [4.78, 5) is 6.88. The number of aromatic nitrogens is 2. The molecule has 0 aliphatic heterocycles. The van der Waals surface area contributed by atoms with Gasteiger partial charge in [-0.15, -0.1) is 0 Å². The van der Waals surface area contributed by atoms with Crippen molar-refractivity contribution in [3.8, 4) is 0 Å². The lowest BCUT2D eigenvalue weighted by molar-refractivity contribution is -0.144. The number of hydrazine groups is 1. The molecule has 5 nitrogen and oxygen atoms in total. The number of nitrogens with two attached hydrogens (primary N) is 1. The van der Waals surface area contributed by atoms with Crippen LogP contribution in [-0.2, 0) is 6.18 Å². The Morgan fingerprint density at radius 3 is 2.38 bits per heavy atom. The van der Waals surface area contributed by atoms with Crippen molar-refractivity contribution in [1.29, 1.82) is 0 Å². The molecule has 1 heterocycles. The van der Waals surface area contributed by atoms with Crippen molar-refractivity contribution in [1.82, 2.24) is 9.97 Å². The van der Waals surface area contributed by atoms with E-state index in [9.17, 15) is 13.2 Å². The van der Waals surface area contributed by atoms with Crippen LogP contribution < -0.4 is 16.6 Å². The fourth-order valence-corrected chi connectivity index (χ4v) is 2.61. The fraction of sp³-hybridized carbons (Fsp3) is 0.692. The van der Waals surface area contributed by atoms with Gasteiger partial charge in [0.2, 0.25) is 5.82 Å². The van der Waals surface area contributed by atoms with Crippen LogP contribution in [0.4, 0.5) is 24.8 Å². The first-order chi connectivity index (χ1) is 9.79. The topological polar surface area (TPSA) is 75.9 Å². The Hall–Kier alpha value is -1.57. The van der Waals surface area contributed by atoms with Crippen molar-refractivity contribution in [2.24, 2.45) is 17.7 Å². The molecule has 0 radical (unpaired) electrons. The van der Waals surface area contributed by atoms with Crippen LogP contribution in [0.3, 0.4) is 0 Å². The van der Waals surface area contributed by atoms with Crippen molar-refractivity contribution in [3.05, 3.63) is 11.9 Å². The molecule has 0 amide bonds. The first kappa shape index (κ1) is 15.8. The quantitative estimate of drug-likeness (QED) is 0.591. The van der Waals surface area contributed by atoms with Crippen LogP contribution in [0.5, 0.6) is 0 Å². The average Bonchev–Trinajstić information content (AvgIpc) is 2.41. The molecule has 21 heavy (non-hydrogen) atoms. The summed E-state index contributed by atoms with van der Waals surface area (Å²) in [6.45, 7) is 4.36. The van der Waals surface area contributed by atoms with Crippen LogP contribution in [-0.4, -0.2) is 16.0 Å². The van der Waals surface area contributed by atoms with Gasteiger partial charge in [0.25, 0.3) is 0 Å². The second-order valence-corrected chi connectivity index (χ2v) is 5.71. The fourth-order valence-electron chi connectivity index (χ4n) is 2.61. The van der Waals surface area contributed by atoms with Crippen LogP contribution in [0, 0.1) is 11.8 Å². The van der Waals surface area contributed by atoms with Gasteiger partial charge in [0.1, 0.15) is 11.6 Å². The molecular weight excluding hydrogens is 283 g/mol. The molecule has 0 bridgehead atoms. The summed E-state index contributed by atoms with van der Waals surface area (Å²) in [5.74, 6) is 5.24. The van der Waals surface area contributed by atoms with E-state index in [1.807, 2.05) is 0 Å². The molecule has 0 aromatic carbocycles. The van der Waals surface area contributed by atoms with E-state index in [4.69, 9.17) is 5.84 Å². The maximum absolute atomic E-state index is 12.8. The summed E-state index contributed by atoms with van der Waals surface area (Å²) in [6, 6.07) is 1.51. The van der Waals surface area contributed by atoms with Gasteiger partial charge in [-0.05, 0) is 31.1 Å². The van der Waals surface area contributed by atoms with Gasteiger partial charge >= 0.3 is 6.18 Å². The van der Waals surface area contributed by atoms with Gasteiger partial charge in [-0.1, -0.05) is 13.8 Å². The Labute approximate surface area is 121 Å². The molecule has 4 N–H and O–H groups in total. The number of alkyl halides is 3. The Bertz CT molecular complexity index is 491. The Morgan fingerprint density at radius 1 is 1.14 bits per heavy atom. The molecule has 1 aromatic heterocycles. The standard InChI is InChI=1S/C13H20F3N5/c1-7-3-4-9(5-8(7)2)18-10-6-11(21-17)20-12(19-10)13(14,15)16/h6-9H,3-5,17H2,1-2H3,(H2,18,19,20,21). The summed E-state index contributed by atoms with van der Waals surface area (Å²) in [5, 5.41) is 3.07. The third kappa shape index (κ3) is 3.96. The largest absolute Gasteiger partial charge is 0.451 e. The van der Waals surface area contributed by atoms with Gasteiger partial charge in [0.05, 0.1) is 0 Å². The van der Waals surface area contributed by atoms with Crippen LogP contribution in [0.25, 0.3) is 0 Å². The van der Waals surface area contributed by atoms with E-state index in [2.05, 4.69) is 34.6 Å². The zero-order valence-electron chi connectivity index (χ0n) is 12.0. The minimum atomic E-state index is -4.60. The van der Waals surface area contributed by atoms with Crippen molar-refractivity contribution in [3.63, 3.8) is 0 Å². The van der Waals surface area contributed by atoms with Gasteiger partial charge in [0.15, 0.2) is 0 Å². The monoisotopic (exact) mass is 303 g/mol. The molecule has 1 aromatic rings. The minimum absolute atomic E-state index is 0.0583. The predicted octanol–water partition coefficient (Wildman–Crippen LogP) is 3.02. The maximum atomic E-state index is 12.8. The zero-order chi connectivity index (χ0) is 15.6. The number of rotatable bonds is 3. The lowest BCUT2D eigenvalue weighted by atomic mass is 9.79. The van der Waals surface area contributed by atoms with Crippen LogP contribution in [0.2, 0.25) is 0 Å². The number of nitrogens with zero attached hydrogens (tertiary/aromatic N) is 2. The smallest absolute Gasteiger partial charge is 0.367 e. The Morgan fingerprint density at radius 2 is 1.81 bits per heavy atom. The lowest BCUT2D eigenvalue weighted by Crippen LogP contribution is -2.31. The van der Waals surface area contributed by atoms with Crippen LogP contribution in [0.1, 0.15) is 38.9 Å². The van der Waals surface area contributed by atoms with Crippen molar-refractivity contribution < 1.29 is 13.2 Å². The van der Waals surface area contributed by atoms with Crippen molar-refractivity contribution in [2.75, 3.05) is 10.7 Å². The number of anilines is 2. The van der Waals surface area contributed by atoms with Crippen LogP contribution in [0.15, 0.2) is 6.07 Å². The van der Waals surface area contributed by atoms with Gasteiger partial charge in [-0.3, -0.25) is 0 Å². The predicted molar refractivity (Wildman–Crippen MR) is 74.4 cm³/mol. The second kappa shape index (κ2) is 6.05. The van der Waals surface area contributed by atoms with Gasteiger partial charge in [-0.2, -0.15) is 13.2 Å². The normalized spacial score (nSPS) is 26.5. The summed E-state index contributed by atoms with van der Waals surface area (Å²) in [5.41, 5.74) is 2.14. The van der Waals surface area contributed by atoms with E-state index in [0.717, 1.165) is 19.3 Å². The molecule has 1 aliphatic carbocycles. The van der Waals surface area contributed by atoms with Crippen molar-refractivity contribution >= 4 is 11.6 Å². The first-order valence-corrected chi connectivity index (χ1v) is 6.99. The van der Waals surface area contributed by atoms with E-state index in [0.29, 0.717) is 11.8 Å². The highest BCUT2D eigenvalue weighted by atomic mass is 19.4. The number of hydrogen-bond donors (Lipinski definition) is 3. The van der Waals surface area contributed by atoms with E-state index >= 15 is 0 Å². The second-order valence-electron chi connectivity index (χ2n) is 5.71. The zero-order valence-corrected chi connectivity index (χ0v) is 12.0. The van der Waals surface area contributed by atoms with Gasteiger partial charge < -0.3 is 10.7 Å². The molecule has 3 atom stereocenters. The number of nitrogens with one attached hydrogen (secondary N) is 2. The summed E-state index contributed by atoms with van der Waals surface area (Å²) in [6.07, 6.45) is -1.71. The van der Waals surface area contributed by atoms with Crippen LogP contribution >= 0.6 is 0 Å². The Kier molecular flexibility index (Phi) is 4.55. The number of halogens is 3. The van der Waals surface area contributed by atoms with E-state index in [1.54, 1.807) is 0 Å². The molecular formula is C13H20F3N5. The number of nitrogen functional groups attached to an aromatic ring is 1.